The van der Waals surface area contributed by atoms with Crippen LogP contribution in [0.1, 0.15) is 20.7 Å². The smallest absolute Gasteiger partial charge is 0.262 e. The van der Waals surface area contributed by atoms with Gasteiger partial charge in [-0.3, -0.25) is 14.2 Å². The molecule has 0 aliphatic carbocycles. The Morgan fingerprint density at radius 2 is 1.00 bits per heavy atom. The van der Waals surface area contributed by atoms with E-state index in [0.29, 0.717) is 11.1 Å². The fourth-order valence-electron chi connectivity index (χ4n) is 2.43. The Balaban J connectivity index is 0.000000238. The van der Waals surface area contributed by atoms with Crippen LogP contribution in [0.15, 0.2) is 84.9 Å². The van der Waals surface area contributed by atoms with Crippen molar-refractivity contribution in [2.24, 2.45) is 5.73 Å². The van der Waals surface area contributed by atoms with E-state index in [1.165, 1.54) is 0 Å². The zero-order valence-electron chi connectivity index (χ0n) is 12.9. The van der Waals surface area contributed by atoms with Gasteiger partial charge in [0.05, 0.1) is 0 Å². The second-order valence-corrected chi connectivity index (χ2v) is 5.25. The molecule has 0 radical (unpaired) electrons. The minimum Gasteiger partial charge on any atom is -0.366 e. The van der Waals surface area contributed by atoms with E-state index in [-0.39, 0.29) is 5.91 Å². The first-order chi connectivity index (χ1) is 11.7. The molecule has 4 aromatic rings. The molecule has 4 nitrogen and oxygen atoms in total. The molecule has 0 aliphatic rings. The first-order valence-corrected chi connectivity index (χ1v) is 7.51. The van der Waals surface area contributed by atoms with E-state index in [2.05, 4.69) is 0 Å². The summed E-state index contributed by atoms with van der Waals surface area (Å²) in [5.41, 5.74) is 7.82. The molecule has 0 atom stereocenters. The van der Waals surface area contributed by atoms with Crippen LogP contribution in [0.4, 0.5) is 0 Å². The average molecular weight is 316 g/mol. The highest BCUT2D eigenvalue weighted by atomic mass is 16.2. The van der Waals surface area contributed by atoms with E-state index in [9.17, 15) is 9.59 Å². The fourth-order valence-corrected chi connectivity index (χ4v) is 2.43. The molecule has 118 valence electrons. The molecule has 1 amide bonds. The number of carbonyl (C=O) groups excluding carboxylic acids is 2. The van der Waals surface area contributed by atoms with Crippen LogP contribution in [0.5, 0.6) is 0 Å². The summed E-state index contributed by atoms with van der Waals surface area (Å²) in [5.74, 6) is -0.603. The molecule has 2 bridgehead atoms. The first-order valence-electron chi connectivity index (χ1n) is 7.51. The number of fused-ring (bicyclic) bond motifs is 2. The molecule has 0 spiro atoms. The maximum absolute atomic E-state index is 12.3. The maximum atomic E-state index is 12.3. The van der Waals surface area contributed by atoms with Gasteiger partial charge in [-0.15, -0.1) is 0 Å². The minimum atomic E-state index is -0.498. The Morgan fingerprint density at radius 1 is 0.625 bits per heavy atom. The maximum Gasteiger partial charge on any atom is 0.262 e. The molecule has 0 saturated carbocycles. The Kier molecular flexibility index (Phi) is 4.38. The summed E-state index contributed by atoms with van der Waals surface area (Å²) in [5, 5.41) is 0. The summed E-state index contributed by atoms with van der Waals surface area (Å²) >= 11 is 0. The van der Waals surface area contributed by atoms with Crippen molar-refractivity contribution in [1.29, 1.82) is 0 Å². The normalized spacial score (nSPS) is 10.2. The molecule has 4 rings (SSSR count). The van der Waals surface area contributed by atoms with Crippen LogP contribution in [0.25, 0.3) is 11.0 Å². The van der Waals surface area contributed by atoms with Gasteiger partial charge in [-0.25, -0.2) is 0 Å². The predicted molar refractivity (Wildman–Crippen MR) is 94.3 cm³/mol. The molecule has 2 heterocycles. The highest BCUT2D eigenvalue weighted by Gasteiger charge is 2.14. The van der Waals surface area contributed by atoms with Crippen LogP contribution in [-0.4, -0.2) is 16.4 Å². The summed E-state index contributed by atoms with van der Waals surface area (Å²) in [6, 6.07) is 25.9. The van der Waals surface area contributed by atoms with Crippen molar-refractivity contribution < 1.29 is 9.59 Å². The summed E-state index contributed by atoms with van der Waals surface area (Å²) in [6.07, 6.45) is 0. The topological polar surface area (TPSA) is 65.1 Å². The highest BCUT2D eigenvalue weighted by molar-refractivity contribution is 6.03. The van der Waals surface area contributed by atoms with Gasteiger partial charge in [0.1, 0.15) is 0 Å². The molecule has 0 saturated heterocycles. The monoisotopic (exact) mass is 316 g/mol. The Bertz CT molecular complexity index is 866. The number of nitrogens with two attached hydrogens (primary N) is 1. The summed E-state index contributed by atoms with van der Waals surface area (Å²) in [6.45, 7) is 0. The second-order valence-electron chi connectivity index (χ2n) is 5.25. The third-order valence-electron chi connectivity index (χ3n) is 3.65. The van der Waals surface area contributed by atoms with Crippen LogP contribution in [0.2, 0.25) is 0 Å². The standard InChI is InChI=1S/C14H10N2O2.C6H6/c15-13(17)9-1-3-10(4-2-9)14(18)16-11-5-6-12(16)8-7-11;1-2-4-6-5-3-1/h1-8H,(H2,15,17);1-6H. The van der Waals surface area contributed by atoms with Crippen LogP contribution in [-0.2, 0) is 0 Å². The van der Waals surface area contributed by atoms with E-state index in [4.69, 9.17) is 5.73 Å². The number of benzene rings is 3. The number of carbonyl (C=O) groups is 2. The Hall–Kier alpha value is -3.40. The zero-order chi connectivity index (χ0) is 16.9. The quantitative estimate of drug-likeness (QED) is 0.614. The van der Waals surface area contributed by atoms with E-state index >= 15 is 0 Å². The number of hydrogen-bond acceptors (Lipinski definition) is 2. The van der Waals surface area contributed by atoms with Crippen LogP contribution in [0, 0.1) is 0 Å². The van der Waals surface area contributed by atoms with Crippen LogP contribution in [0.3, 0.4) is 0 Å². The van der Waals surface area contributed by atoms with Gasteiger partial charge in [-0.2, -0.15) is 0 Å². The number of amides is 1. The number of aromatic nitrogens is 1. The van der Waals surface area contributed by atoms with E-state index < -0.39 is 5.91 Å². The number of nitrogens with zero attached hydrogens (tertiary/aromatic N) is 1. The number of primary amides is 1. The predicted octanol–water partition coefficient (Wildman–Crippen LogP) is 3.55. The van der Waals surface area contributed by atoms with Crippen molar-refractivity contribution in [2.45, 2.75) is 0 Å². The van der Waals surface area contributed by atoms with Crippen molar-refractivity contribution in [2.75, 3.05) is 0 Å². The molecule has 2 aromatic carbocycles. The summed E-state index contributed by atoms with van der Waals surface area (Å²) in [4.78, 5) is 23.2. The lowest BCUT2D eigenvalue weighted by Crippen LogP contribution is -2.13. The van der Waals surface area contributed by atoms with E-state index in [0.717, 1.165) is 11.0 Å². The van der Waals surface area contributed by atoms with Gasteiger partial charge in [-0.05, 0) is 48.5 Å². The molecule has 0 unspecified atom stereocenters. The number of hydrogen-bond donors (Lipinski definition) is 1. The summed E-state index contributed by atoms with van der Waals surface area (Å²) in [7, 11) is 0. The van der Waals surface area contributed by atoms with Crippen LogP contribution < -0.4 is 5.73 Å². The lowest BCUT2D eigenvalue weighted by molar-refractivity contribution is 0.0965. The average Bonchev–Trinajstić information content (AvgIpc) is 3.23. The Labute approximate surface area is 139 Å². The van der Waals surface area contributed by atoms with Crippen LogP contribution >= 0.6 is 0 Å². The molecule has 24 heavy (non-hydrogen) atoms. The summed E-state index contributed by atoms with van der Waals surface area (Å²) < 4.78 is 1.64. The Morgan fingerprint density at radius 3 is 1.38 bits per heavy atom. The van der Waals surface area contributed by atoms with Crippen molar-refractivity contribution >= 4 is 22.8 Å². The largest absolute Gasteiger partial charge is 0.366 e. The van der Waals surface area contributed by atoms with Gasteiger partial charge in [0.15, 0.2) is 0 Å². The first kappa shape index (κ1) is 15.5. The lowest BCUT2D eigenvalue weighted by Gasteiger charge is -2.03. The molecule has 2 aromatic heterocycles. The lowest BCUT2D eigenvalue weighted by atomic mass is 10.1. The second kappa shape index (κ2) is 6.79. The number of rotatable bonds is 2. The van der Waals surface area contributed by atoms with E-state index in [1.807, 2.05) is 60.7 Å². The van der Waals surface area contributed by atoms with Gasteiger partial charge < -0.3 is 5.73 Å². The van der Waals surface area contributed by atoms with Gasteiger partial charge >= 0.3 is 0 Å². The molecular formula is C20H16N2O2. The van der Waals surface area contributed by atoms with Crippen molar-refractivity contribution in [3.8, 4) is 0 Å². The molecule has 4 heteroatoms. The van der Waals surface area contributed by atoms with Gasteiger partial charge in [-0.1, -0.05) is 36.4 Å². The fraction of sp³-hybridized carbons (Fsp3) is 0. The molecule has 0 fully saturated rings. The third kappa shape index (κ3) is 3.17. The van der Waals surface area contributed by atoms with Gasteiger partial charge in [0.25, 0.3) is 5.91 Å². The zero-order valence-corrected chi connectivity index (χ0v) is 12.9. The SMILES string of the molecule is NC(=O)c1ccc(C(=O)n2c3ccc2cc3)cc1.c1ccccc1. The minimum absolute atomic E-state index is 0.106. The van der Waals surface area contributed by atoms with Gasteiger partial charge in [0, 0.05) is 22.2 Å². The van der Waals surface area contributed by atoms with Gasteiger partial charge in [0.2, 0.25) is 5.91 Å². The van der Waals surface area contributed by atoms with E-state index in [1.54, 1.807) is 28.8 Å². The molecule has 0 aliphatic heterocycles. The third-order valence-corrected chi connectivity index (χ3v) is 3.65. The van der Waals surface area contributed by atoms with Crippen molar-refractivity contribution in [1.82, 2.24) is 4.57 Å². The molecule has 2 N–H and O–H groups in total. The highest BCUT2D eigenvalue weighted by Crippen LogP contribution is 2.19. The van der Waals surface area contributed by atoms with Crippen molar-refractivity contribution in [3.63, 3.8) is 0 Å². The van der Waals surface area contributed by atoms with Crippen molar-refractivity contribution in [3.05, 3.63) is 96.1 Å². The molecular weight excluding hydrogens is 300 g/mol.